The Kier molecular flexibility index (Phi) is 4.39. The number of nitrogens with zero attached hydrogens (tertiary/aromatic N) is 2. The number of hydrogen-bond donors (Lipinski definition) is 1. The second-order valence-corrected chi connectivity index (χ2v) is 8.57. The molecule has 3 heterocycles. The van der Waals surface area contributed by atoms with E-state index in [4.69, 9.17) is 4.74 Å². The molecule has 3 aromatic rings. The quantitative estimate of drug-likeness (QED) is 0.608. The number of nitrogens with one attached hydrogen (secondary N) is 1. The molecule has 1 N–H and O–H groups in total. The molecule has 0 aliphatic carbocycles. The molecular weight excluding hydrogens is 430 g/mol. The van der Waals surface area contributed by atoms with Crippen LogP contribution in [0, 0.1) is 0 Å². The number of benzene rings is 2. The Labute approximate surface area is 178 Å². The molecule has 2 aliphatic rings. The van der Waals surface area contributed by atoms with Crippen molar-refractivity contribution in [2.45, 2.75) is 18.4 Å². The van der Waals surface area contributed by atoms with Gasteiger partial charge in [-0.1, -0.05) is 15.9 Å². The molecule has 29 heavy (non-hydrogen) atoms. The zero-order chi connectivity index (χ0) is 20.0. The van der Waals surface area contributed by atoms with Crippen LogP contribution in [0.4, 0.5) is 5.69 Å². The molecule has 1 spiro atoms. The first-order valence-corrected chi connectivity index (χ1v) is 10.6. The Morgan fingerprint density at radius 1 is 1.10 bits per heavy atom. The van der Waals surface area contributed by atoms with Gasteiger partial charge in [0, 0.05) is 35.0 Å². The minimum absolute atomic E-state index is 0.0815. The van der Waals surface area contributed by atoms with Gasteiger partial charge in [0.05, 0.1) is 24.0 Å². The summed E-state index contributed by atoms with van der Waals surface area (Å²) in [5.74, 6) is 0.842. The smallest absolute Gasteiger partial charge is 0.253 e. The van der Waals surface area contributed by atoms with Crippen LogP contribution in [-0.4, -0.2) is 35.6 Å². The molecule has 0 saturated carbocycles. The second-order valence-electron chi connectivity index (χ2n) is 7.65. The van der Waals surface area contributed by atoms with E-state index in [0.717, 1.165) is 47.5 Å². The zero-order valence-corrected chi connectivity index (χ0v) is 17.8. The third-order valence-corrected chi connectivity index (χ3v) is 6.57. The lowest BCUT2D eigenvalue weighted by atomic mass is 9.82. The van der Waals surface area contributed by atoms with Crippen molar-refractivity contribution in [2.24, 2.45) is 0 Å². The van der Waals surface area contributed by atoms with Crippen molar-refractivity contribution in [2.75, 3.05) is 25.5 Å². The van der Waals surface area contributed by atoms with E-state index < -0.39 is 0 Å². The maximum atomic E-state index is 13.0. The fourth-order valence-electron chi connectivity index (χ4n) is 4.50. The SMILES string of the molecule is COc1ccc(C(=O)N2CCC3(CC2)Nc2ccc(Br)cc2-n2cccc23)cc1. The highest BCUT2D eigenvalue weighted by molar-refractivity contribution is 9.10. The van der Waals surface area contributed by atoms with Gasteiger partial charge in [-0.3, -0.25) is 4.79 Å². The minimum Gasteiger partial charge on any atom is -0.497 e. The third kappa shape index (κ3) is 3.02. The van der Waals surface area contributed by atoms with Crippen LogP contribution < -0.4 is 10.1 Å². The van der Waals surface area contributed by atoms with E-state index >= 15 is 0 Å². The van der Waals surface area contributed by atoms with Gasteiger partial charge in [0.15, 0.2) is 0 Å². The van der Waals surface area contributed by atoms with Crippen molar-refractivity contribution < 1.29 is 9.53 Å². The maximum Gasteiger partial charge on any atom is 0.253 e. The molecule has 5 nitrogen and oxygen atoms in total. The van der Waals surface area contributed by atoms with Gasteiger partial charge in [-0.2, -0.15) is 0 Å². The van der Waals surface area contributed by atoms with Crippen LogP contribution in [0.1, 0.15) is 28.9 Å². The lowest BCUT2D eigenvalue weighted by Crippen LogP contribution is -2.51. The number of amides is 1. The number of carbonyl (C=O) groups excluding carboxylic acids is 1. The summed E-state index contributed by atoms with van der Waals surface area (Å²) in [4.78, 5) is 14.9. The number of anilines is 1. The van der Waals surface area contributed by atoms with Gasteiger partial charge in [-0.15, -0.1) is 0 Å². The van der Waals surface area contributed by atoms with Crippen molar-refractivity contribution >= 4 is 27.5 Å². The number of fused-ring (bicyclic) bond motifs is 4. The largest absolute Gasteiger partial charge is 0.497 e. The normalized spacial score (nSPS) is 16.7. The second kappa shape index (κ2) is 6.95. The molecule has 0 atom stereocenters. The molecule has 2 aliphatic heterocycles. The van der Waals surface area contributed by atoms with Crippen LogP contribution in [0.3, 0.4) is 0 Å². The predicted octanol–water partition coefficient (Wildman–Crippen LogP) is 4.81. The fourth-order valence-corrected chi connectivity index (χ4v) is 4.85. The van der Waals surface area contributed by atoms with Crippen LogP contribution in [-0.2, 0) is 5.54 Å². The average molecular weight is 452 g/mol. The first-order valence-electron chi connectivity index (χ1n) is 9.79. The van der Waals surface area contributed by atoms with Gasteiger partial charge in [-0.25, -0.2) is 0 Å². The number of halogens is 1. The van der Waals surface area contributed by atoms with Gasteiger partial charge < -0.3 is 19.5 Å². The number of rotatable bonds is 2. The van der Waals surface area contributed by atoms with Crippen LogP contribution >= 0.6 is 15.9 Å². The lowest BCUT2D eigenvalue weighted by Gasteiger charge is -2.46. The summed E-state index contributed by atoms with van der Waals surface area (Å²) < 4.78 is 8.53. The summed E-state index contributed by atoms with van der Waals surface area (Å²) in [6.07, 6.45) is 3.86. The van der Waals surface area contributed by atoms with E-state index in [0.29, 0.717) is 5.56 Å². The molecule has 148 valence electrons. The first-order chi connectivity index (χ1) is 14.1. The molecule has 5 rings (SSSR count). The van der Waals surface area contributed by atoms with Crippen molar-refractivity contribution in [3.05, 3.63) is 76.5 Å². The van der Waals surface area contributed by atoms with Crippen molar-refractivity contribution in [1.82, 2.24) is 9.47 Å². The first kappa shape index (κ1) is 18.3. The monoisotopic (exact) mass is 451 g/mol. The average Bonchev–Trinajstić information content (AvgIpc) is 3.26. The zero-order valence-electron chi connectivity index (χ0n) is 16.2. The van der Waals surface area contributed by atoms with Crippen molar-refractivity contribution in [3.8, 4) is 11.4 Å². The Morgan fingerprint density at radius 2 is 1.86 bits per heavy atom. The predicted molar refractivity (Wildman–Crippen MR) is 117 cm³/mol. The minimum atomic E-state index is -0.152. The Bertz CT molecular complexity index is 1070. The highest BCUT2D eigenvalue weighted by Gasteiger charge is 2.42. The van der Waals surface area contributed by atoms with E-state index in [1.807, 2.05) is 29.2 Å². The van der Waals surface area contributed by atoms with Crippen LogP contribution in [0.5, 0.6) is 5.75 Å². The summed E-state index contributed by atoms with van der Waals surface area (Å²) in [5, 5.41) is 3.80. The summed E-state index contributed by atoms with van der Waals surface area (Å²) >= 11 is 3.58. The Balaban J connectivity index is 1.38. The highest BCUT2D eigenvalue weighted by atomic mass is 79.9. The molecule has 1 aromatic heterocycles. The number of piperidine rings is 1. The van der Waals surface area contributed by atoms with Gasteiger partial charge in [0.1, 0.15) is 5.75 Å². The van der Waals surface area contributed by atoms with Crippen LogP contribution in [0.25, 0.3) is 5.69 Å². The third-order valence-electron chi connectivity index (χ3n) is 6.07. The lowest BCUT2D eigenvalue weighted by molar-refractivity contribution is 0.0676. The maximum absolute atomic E-state index is 13.0. The van der Waals surface area contributed by atoms with Gasteiger partial charge in [-0.05, 0) is 67.4 Å². The summed E-state index contributed by atoms with van der Waals surface area (Å²) in [6.45, 7) is 1.43. The van der Waals surface area contributed by atoms with Crippen molar-refractivity contribution in [3.63, 3.8) is 0 Å². The fraction of sp³-hybridized carbons (Fsp3) is 0.261. The van der Waals surface area contributed by atoms with Gasteiger partial charge >= 0.3 is 0 Å². The molecule has 2 aromatic carbocycles. The summed E-state index contributed by atoms with van der Waals surface area (Å²) in [7, 11) is 1.63. The summed E-state index contributed by atoms with van der Waals surface area (Å²) in [6, 6.07) is 18.0. The Hall–Kier alpha value is -2.73. The highest BCUT2D eigenvalue weighted by Crippen LogP contribution is 2.44. The molecule has 1 fully saturated rings. The number of hydrogen-bond acceptors (Lipinski definition) is 3. The van der Waals surface area contributed by atoms with E-state index in [-0.39, 0.29) is 11.4 Å². The molecule has 0 unspecified atom stereocenters. The van der Waals surface area contributed by atoms with E-state index in [9.17, 15) is 4.79 Å². The molecule has 1 saturated heterocycles. The van der Waals surface area contributed by atoms with Gasteiger partial charge in [0.2, 0.25) is 0 Å². The number of ether oxygens (including phenoxy) is 1. The van der Waals surface area contributed by atoms with Gasteiger partial charge in [0.25, 0.3) is 5.91 Å². The van der Waals surface area contributed by atoms with Crippen LogP contribution in [0.2, 0.25) is 0 Å². The molecule has 0 radical (unpaired) electrons. The van der Waals surface area contributed by atoms with Crippen LogP contribution in [0.15, 0.2) is 65.3 Å². The van der Waals surface area contributed by atoms with E-state index in [1.54, 1.807) is 7.11 Å². The molecule has 6 heteroatoms. The standard InChI is InChI=1S/C23H22BrN3O2/c1-29-18-7-4-16(5-8-18)22(28)26-13-10-23(11-14-26)21-3-2-12-27(21)20-15-17(24)6-9-19(20)25-23/h2-9,12,15,25H,10-11,13-14H2,1H3. The van der Waals surface area contributed by atoms with Crippen molar-refractivity contribution in [1.29, 1.82) is 0 Å². The molecule has 0 bridgehead atoms. The number of carbonyl (C=O) groups is 1. The molecular formula is C23H22BrN3O2. The number of methoxy groups -OCH3 is 1. The number of likely N-dealkylation sites (tertiary alicyclic amines) is 1. The van der Waals surface area contributed by atoms with E-state index in [1.165, 1.54) is 5.69 Å². The number of aromatic nitrogens is 1. The molecule has 1 amide bonds. The topological polar surface area (TPSA) is 46.5 Å². The van der Waals surface area contributed by atoms with E-state index in [2.05, 4.69) is 62.3 Å². The summed E-state index contributed by atoms with van der Waals surface area (Å²) in [5.41, 5.74) is 4.10. The Morgan fingerprint density at radius 3 is 2.59 bits per heavy atom.